The Hall–Kier alpha value is -2.04. The summed E-state index contributed by atoms with van der Waals surface area (Å²) in [6.07, 6.45) is 0.486. The van der Waals surface area contributed by atoms with Crippen molar-refractivity contribution in [2.24, 2.45) is 5.92 Å². The summed E-state index contributed by atoms with van der Waals surface area (Å²) in [5, 5.41) is 14.1. The number of nitrogens with one attached hydrogen (secondary N) is 2. The molecule has 98 valence electrons. The van der Waals surface area contributed by atoms with Crippen LogP contribution in [0, 0.1) is 12.8 Å². The van der Waals surface area contributed by atoms with Crippen molar-refractivity contribution < 1.29 is 14.7 Å². The average Bonchev–Trinajstić information content (AvgIpc) is 2.32. The number of amides is 2. The van der Waals surface area contributed by atoms with E-state index < -0.39 is 11.9 Å². The quantitative estimate of drug-likeness (QED) is 0.749. The molecule has 0 saturated carbocycles. The maximum absolute atomic E-state index is 11.6. The van der Waals surface area contributed by atoms with Gasteiger partial charge in [0, 0.05) is 12.2 Å². The van der Waals surface area contributed by atoms with Crippen molar-refractivity contribution in [3.8, 4) is 0 Å². The van der Waals surface area contributed by atoms with E-state index in [1.54, 1.807) is 13.0 Å². The zero-order valence-corrected chi connectivity index (χ0v) is 10.6. The summed E-state index contributed by atoms with van der Waals surface area (Å²) in [7, 11) is 0. The van der Waals surface area contributed by atoms with E-state index in [0.717, 1.165) is 11.3 Å². The first-order valence-electron chi connectivity index (χ1n) is 5.88. The third-order valence-electron chi connectivity index (χ3n) is 2.74. The second kappa shape index (κ2) is 6.64. The van der Waals surface area contributed by atoms with Crippen LogP contribution in [0.4, 0.5) is 10.5 Å². The fraction of sp³-hybridized carbons (Fsp3) is 0.385. The van der Waals surface area contributed by atoms with Gasteiger partial charge in [-0.15, -0.1) is 0 Å². The van der Waals surface area contributed by atoms with E-state index in [-0.39, 0.29) is 12.6 Å². The lowest BCUT2D eigenvalue weighted by atomic mass is 10.1. The first-order chi connectivity index (χ1) is 8.54. The molecule has 1 unspecified atom stereocenters. The smallest absolute Gasteiger partial charge is 0.319 e. The molecule has 3 N–H and O–H groups in total. The summed E-state index contributed by atoms with van der Waals surface area (Å²) >= 11 is 0. The summed E-state index contributed by atoms with van der Waals surface area (Å²) in [6.45, 7) is 3.80. The van der Waals surface area contributed by atoms with Crippen LogP contribution in [0.5, 0.6) is 0 Å². The number of rotatable bonds is 5. The van der Waals surface area contributed by atoms with Crippen LogP contribution in [-0.2, 0) is 4.79 Å². The minimum absolute atomic E-state index is 0.129. The molecule has 0 spiro atoms. The normalized spacial score (nSPS) is 11.7. The third kappa shape index (κ3) is 4.08. The Balaban J connectivity index is 2.48. The van der Waals surface area contributed by atoms with Gasteiger partial charge in [-0.1, -0.05) is 25.1 Å². The second-order valence-corrected chi connectivity index (χ2v) is 4.09. The van der Waals surface area contributed by atoms with Gasteiger partial charge >= 0.3 is 12.0 Å². The molecule has 1 aromatic carbocycles. The number of carbonyl (C=O) groups excluding carboxylic acids is 1. The third-order valence-corrected chi connectivity index (χ3v) is 2.74. The lowest BCUT2D eigenvalue weighted by Crippen LogP contribution is -2.35. The molecule has 1 rings (SSSR count). The van der Waals surface area contributed by atoms with Gasteiger partial charge in [-0.05, 0) is 25.0 Å². The van der Waals surface area contributed by atoms with Gasteiger partial charge in [0.25, 0.3) is 0 Å². The number of aryl methyl sites for hydroxylation is 1. The number of para-hydroxylation sites is 1. The Bertz CT molecular complexity index is 432. The second-order valence-electron chi connectivity index (χ2n) is 4.09. The van der Waals surface area contributed by atoms with Gasteiger partial charge in [-0.3, -0.25) is 4.79 Å². The van der Waals surface area contributed by atoms with Crippen molar-refractivity contribution in [3.05, 3.63) is 29.8 Å². The molecule has 5 heteroatoms. The number of hydrogen-bond donors (Lipinski definition) is 3. The predicted octanol–water partition coefficient (Wildman–Crippen LogP) is 2.23. The van der Waals surface area contributed by atoms with Crippen LogP contribution in [0.15, 0.2) is 24.3 Å². The molecule has 0 saturated heterocycles. The summed E-state index contributed by atoms with van der Waals surface area (Å²) in [6, 6.07) is 7.01. The molecule has 2 amide bonds. The first kappa shape index (κ1) is 14.0. The van der Waals surface area contributed by atoms with Gasteiger partial charge in [0.2, 0.25) is 0 Å². The Labute approximate surface area is 106 Å². The summed E-state index contributed by atoms with van der Waals surface area (Å²) in [4.78, 5) is 22.4. The van der Waals surface area contributed by atoms with Crippen molar-refractivity contribution in [1.82, 2.24) is 5.32 Å². The van der Waals surface area contributed by atoms with Gasteiger partial charge in [-0.2, -0.15) is 0 Å². The van der Waals surface area contributed by atoms with Gasteiger partial charge in [-0.25, -0.2) is 4.79 Å². The van der Waals surface area contributed by atoms with E-state index in [1.165, 1.54) is 0 Å². The molecule has 0 radical (unpaired) electrons. The zero-order valence-electron chi connectivity index (χ0n) is 10.6. The number of aliphatic carboxylic acids is 1. The predicted molar refractivity (Wildman–Crippen MR) is 69.6 cm³/mol. The van der Waals surface area contributed by atoms with Crippen molar-refractivity contribution >= 4 is 17.7 Å². The Morgan fingerprint density at radius 2 is 2.00 bits per heavy atom. The average molecular weight is 250 g/mol. The molecule has 0 aliphatic carbocycles. The Kier molecular flexibility index (Phi) is 5.17. The van der Waals surface area contributed by atoms with Crippen molar-refractivity contribution in [2.45, 2.75) is 20.3 Å². The highest BCUT2D eigenvalue weighted by Crippen LogP contribution is 2.12. The van der Waals surface area contributed by atoms with E-state index in [4.69, 9.17) is 5.11 Å². The van der Waals surface area contributed by atoms with E-state index in [1.807, 2.05) is 25.1 Å². The molecule has 0 fully saturated rings. The van der Waals surface area contributed by atoms with Crippen LogP contribution < -0.4 is 10.6 Å². The van der Waals surface area contributed by atoms with E-state index in [9.17, 15) is 9.59 Å². The summed E-state index contributed by atoms with van der Waals surface area (Å²) in [5.41, 5.74) is 1.68. The number of carbonyl (C=O) groups is 2. The number of benzene rings is 1. The van der Waals surface area contributed by atoms with Crippen LogP contribution in [0.25, 0.3) is 0 Å². The van der Waals surface area contributed by atoms with Gasteiger partial charge in [0.05, 0.1) is 5.92 Å². The maximum Gasteiger partial charge on any atom is 0.319 e. The van der Waals surface area contributed by atoms with Crippen molar-refractivity contribution in [3.63, 3.8) is 0 Å². The van der Waals surface area contributed by atoms with Gasteiger partial charge < -0.3 is 15.7 Å². The van der Waals surface area contributed by atoms with Crippen molar-refractivity contribution in [2.75, 3.05) is 11.9 Å². The number of urea groups is 1. The zero-order chi connectivity index (χ0) is 13.5. The van der Waals surface area contributed by atoms with Crippen LogP contribution in [0.1, 0.15) is 18.9 Å². The largest absolute Gasteiger partial charge is 0.481 e. The highest BCUT2D eigenvalue weighted by atomic mass is 16.4. The molecular formula is C13H18N2O3. The van der Waals surface area contributed by atoms with Crippen LogP contribution in [0.3, 0.4) is 0 Å². The maximum atomic E-state index is 11.6. The summed E-state index contributed by atoms with van der Waals surface area (Å²) < 4.78 is 0. The topological polar surface area (TPSA) is 78.4 Å². The SMILES string of the molecule is CCC(CNC(=O)Nc1ccccc1C)C(=O)O. The highest BCUT2D eigenvalue weighted by Gasteiger charge is 2.15. The molecule has 0 heterocycles. The lowest BCUT2D eigenvalue weighted by Gasteiger charge is -2.12. The fourth-order valence-electron chi connectivity index (χ4n) is 1.50. The molecule has 1 atom stereocenters. The molecule has 18 heavy (non-hydrogen) atoms. The Morgan fingerprint density at radius 1 is 1.33 bits per heavy atom. The molecule has 0 aromatic heterocycles. The monoisotopic (exact) mass is 250 g/mol. The van der Waals surface area contributed by atoms with Crippen LogP contribution in [0.2, 0.25) is 0 Å². The molecular weight excluding hydrogens is 232 g/mol. The number of hydrogen-bond acceptors (Lipinski definition) is 2. The fourth-order valence-corrected chi connectivity index (χ4v) is 1.50. The summed E-state index contributed by atoms with van der Waals surface area (Å²) in [5.74, 6) is -1.44. The molecule has 5 nitrogen and oxygen atoms in total. The van der Waals surface area contributed by atoms with Crippen LogP contribution >= 0.6 is 0 Å². The van der Waals surface area contributed by atoms with Gasteiger partial charge in [0.15, 0.2) is 0 Å². The minimum atomic E-state index is -0.895. The molecule has 0 aliphatic heterocycles. The lowest BCUT2D eigenvalue weighted by molar-refractivity contribution is -0.141. The van der Waals surface area contributed by atoms with Crippen molar-refractivity contribution in [1.29, 1.82) is 0 Å². The van der Waals surface area contributed by atoms with E-state index in [0.29, 0.717) is 6.42 Å². The highest BCUT2D eigenvalue weighted by molar-refractivity contribution is 5.90. The molecule has 0 bridgehead atoms. The first-order valence-corrected chi connectivity index (χ1v) is 5.88. The number of carboxylic acids is 1. The standard InChI is InChI=1S/C13H18N2O3/c1-3-10(12(16)17)8-14-13(18)15-11-7-5-4-6-9(11)2/h4-7,10H,3,8H2,1-2H3,(H,16,17)(H2,14,15,18). The van der Waals surface area contributed by atoms with E-state index in [2.05, 4.69) is 10.6 Å². The molecule has 0 aliphatic rings. The van der Waals surface area contributed by atoms with Crippen LogP contribution in [-0.4, -0.2) is 23.7 Å². The number of anilines is 1. The Morgan fingerprint density at radius 3 is 2.56 bits per heavy atom. The minimum Gasteiger partial charge on any atom is -0.481 e. The van der Waals surface area contributed by atoms with E-state index >= 15 is 0 Å². The molecule has 1 aromatic rings. The number of carboxylic acid groups (broad SMARTS) is 1. The van der Waals surface area contributed by atoms with Gasteiger partial charge in [0.1, 0.15) is 0 Å².